The quantitative estimate of drug-likeness (QED) is 0.204. The van der Waals surface area contributed by atoms with Crippen molar-refractivity contribution in [3.05, 3.63) is 114 Å². The lowest BCUT2D eigenvalue weighted by atomic mass is 9.82. The summed E-state index contributed by atoms with van der Waals surface area (Å²) in [6, 6.07) is 31.4. The largest absolute Gasteiger partial charge is 0.505 e. The van der Waals surface area contributed by atoms with Gasteiger partial charge in [-0.05, 0) is 77.4 Å². The topological polar surface area (TPSA) is 63.8 Å². The molecule has 3 aromatic carbocycles. The fraction of sp³-hybridized carbons (Fsp3) is 0.293. The van der Waals surface area contributed by atoms with E-state index in [1.807, 2.05) is 36.5 Å². The SMILES string of the molecule is CC(C)Cc1cc(-c2ccccn2)cc(-c2cccc3c2nc(-c2nc(C(C)(C)C)cc(C(C)(C)C)c2O)n3-c2ccccc2)c1. The van der Waals surface area contributed by atoms with E-state index in [0.29, 0.717) is 17.4 Å². The highest BCUT2D eigenvalue weighted by Gasteiger charge is 2.29. The molecule has 46 heavy (non-hydrogen) atoms. The summed E-state index contributed by atoms with van der Waals surface area (Å²) in [6.45, 7) is 17.3. The minimum Gasteiger partial charge on any atom is -0.505 e. The zero-order chi connectivity index (χ0) is 32.8. The maximum Gasteiger partial charge on any atom is 0.168 e. The van der Waals surface area contributed by atoms with Gasteiger partial charge in [-0.1, -0.05) is 97.9 Å². The fourth-order valence-electron chi connectivity index (χ4n) is 6.10. The van der Waals surface area contributed by atoms with E-state index in [2.05, 4.69) is 126 Å². The monoisotopic (exact) mass is 608 g/mol. The lowest BCUT2D eigenvalue weighted by Crippen LogP contribution is -2.19. The van der Waals surface area contributed by atoms with E-state index in [1.54, 1.807) is 0 Å². The molecule has 0 saturated heterocycles. The van der Waals surface area contributed by atoms with Crippen LogP contribution >= 0.6 is 0 Å². The minimum atomic E-state index is -0.296. The van der Waals surface area contributed by atoms with Gasteiger partial charge < -0.3 is 5.11 Å². The fourth-order valence-corrected chi connectivity index (χ4v) is 6.10. The van der Waals surface area contributed by atoms with E-state index in [4.69, 9.17) is 9.97 Å². The van der Waals surface area contributed by atoms with Crippen LogP contribution < -0.4 is 0 Å². The molecule has 6 aromatic rings. The lowest BCUT2D eigenvalue weighted by molar-refractivity contribution is 0.441. The Labute approximate surface area is 273 Å². The Bertz CT molecular complexity index is 2010. The Morgan fingerprint density at radius 2 is 1.46 bits per heavy atom. The normalized spacial score (nSPS) is 12.3. The first kappa shape index (κ1) is 31.2. The van der Waals surface area contributed by atoms with Gasteiger partial charge in [-0.15, -0.1) is 0 Å². The maximum absolute atomic E-state index is 11.9. The summed E-state index contributed by atoms with van der Waals surface area (Å²) < 4.78 is 2.14. The van der Waals surface area contributed by atoms with Gasteiger partial charge in [0.2, 0.25) is 0 Å². The average molecular weight is 609 g/mol. The van der Waals surface area contributed by atoms with Crippen molar-refractivity contribution in [1.82, 2.24) is 19.5 Å². The first-order chi connectivity index (χ1) is 21.8. The van der Waals surface area contributed by atoms with Crippen LogP contribution in [0.15, 0.2) is 97.2 Å². The number of imidazole rings is 1. The van der Waals surface area contributed by atoms with Crippen molar-refractivity contribution in [2.45, 2.75) is 72.6 Å². The van der Waals surface area contributed by atoms with Crippen LogP contribution in [0.5, 0.6) is 5.75 Å². The Kier molecular flexibility index (Phi) is 8.05. The molecule has 0 unspecified atom stereocenters. The summed E-state index contributed by atoms with van der Waals surface area (Å²) in [6.07, 6.45) is 2.80. The predicted octanol–water partition coefficient (Wildman–Crippen LogP) is 10.3. The molecule has 5 nitrogen and oxygen atoms in total. The summed E-state index contributed by atoms with van der Waals surface area (Å²) in [5, 5.41) is 11.9. The van der Waals surface area contributed by atoms with Crippen molar-refractivity contribution in [2.75, 3.05) is 0 Å². The van der Waals surface area contributed by atoms with E-state index >= 15 is 0 Å². The zero-order valence-corrected chi connectivity index (χ0v) is 28.3. The van der Waals surface area contributed by atoms with Crippen LogP contribution in [0.4, 0.5) is 0 Å². The second-order valence-corrected chi connectivity index (χ2v) is 14.8. The summed E-state index contributed by atoms with van der Waals surface area (Å²) in [5.41, 5.74) is 9.91. The highest BCUT2D eigenvalue weighted by atomic mass is 16.3. The van der Waals surface area contributed by atoms with Crippen molar-refractivity contribution in [3.63, 3.8) is 0 Å². The van der Waals surface area contributed by atoms with Crippen LogP contribution in [0.25, 0.3) is 50.6 Å². The molecule has 0 saturated carbocycles. The molecule has 0 radical (unpaired) electrons. The van der Waals surface area contributed by atoms with Crippen LogP contribution in [-0.2, 0) is 17.3 Å². The van der Waals surface area contributed by atoms with Gasteiger partial charge in [-0.2, -0.15) is 0 Å². The number of rotatable bonds is 6. The van der Waals surface area contributed by atoms with Gasteiger partial charge >= 0.3 is 0 Å². The van der Waals surface area contributed by atoms with Gasteiger partial charge in [-0.25, -0.2) is 9.97 Å². The number of nitrogens with zero attached hydrogens (tertiary/aromatic N) is 4. The molecule has 6 rings (SSSR count). The third-order valence-corrected chi connectivity index (χ3v) is 8.39. The molecule has 5 heteroatoms. The average Bonchev–Trinajstić information content (AvgIpc) is 3.40. The van der Waals surface area contributed by atoms with E-state index < -0.39 is 0 Å². The molecule has 0 amide bonds. The summed E-state index contributed by atoms with van der Waals surface area (Å²) in [7, 11) is 0. The number of hydrogen-bond donors (Lipinski definition) is 1. The molecule has 0 aliphatic rings. The van der Waals surface area contributed by atoms with Crippen LogP contribution in [0, 0.1) is 5.92 Å². The van der Waals surface area contributed by atoms with Gasteiger partial charge in [-0.3, -0.25) is 9.55 Å². The van der Waals surface area contributed by atoms with E-state index in [0.717, 1.165) is 56.8 Å². The second-order valence-electron chi connectivity index (χ2n) is 14.8. The number of aromatic nitrogens is 4. The lowest BCUT2D eigenvalue weighted by Gasteiger charge is -2.26. The van der Waals surface area contributed by atoms with Crippen molar-refractivity contribution in [2.24, 2.45) is 5.92 Å². The zero-order valence-electron chi connectivity index (χ0n) is 28.3. The van der Waals surface area contributed by atoms with Gasteiger partial charge in [0.25, 0.3) is 0 Å². The van der Waals surface area contributed by atoms with Crippen LogP contribution in [0.3, 0.4) is 0 Å². The van der Waals surface area contributed by atoms with Crippen molar-refractivity contribution >= 4 is 11.0 Å². The Morgan fingerprint density at radius 3 is 2.11 bits per heavy atom. The highest BCUT2D eigenvalue weighted by molar-refractivity contribution is 5.96. The molecule has 0 atom stereocenters. The van der Waals surface area contributed by atoms with Gasteiger partial charge in [0.1, 0.15) is 11.4 Å². The van der Waals surface area contributed by atoms with Gasteiger partial charge in [0, 0.05) is 39.7 Å². The van der Waals surface area contributed by atoms with Crippen LogP contribution in [0.1, 0.15) is 72.2 Å². The third-order valence-electron chi connectivity index (χ3n) is 8.39. The molecule has 0 aliphatic heterocycles. The molecule has 0 fully saturated rings. The summed E-state index contributed by atoms with van der Waals surface area (Å²) in [4.78, 5) is 15.2. The molecule has 3 heterocycles. The molecule has 0 aliphatic carbocycles. The standard InChI is InChI=1S/C41H44N4O/c1-26(2)21-27-22-28(24-29(23-27)33-18-12-13-20-42-33)31-17-14-19-34-36(31)44-39(45(34)30-15-10-9-11-16-30)37-38(46)32(40(3,4)5)25-35(43-37)41(6,7)8/h9-20,22-26,46H,21H2,1-8H3. The molecule has 3 aromatic heterocycles. The van der Waals surface area contributed by atoms with Crippen LogP contribution in [-0.4, -0.2) is 24.6 Å². The molecule has 0 spiro atoms. The molecule has 234 valence electrons. The minimum absolute atomic E-state index is 0.172. The van der Waals surface area contributed by atoms with Crippen molar-refractivity contribution in [1.29, 1.82) is 0 Å². The first-order valence-electron chi connectivity index (χ1n) is 16.2. The molecule has 0 bridgehead atoms. The number of benzene rings is 3. The smallest absolute Gasteiger partial charge is 0.168 e. The highest BCUT2D eigenvalue weighted by Crippen LogP contribution is 2.42. The van der Waals surface area contributed by atoms with E-state index in [-0.39, 0.29) is 16.6 Å². The van der Waals surface area contributed by atoms with Crippen LogP contribution in [0.2, 0.25) is 0 Å². The number of pyridine rings is 2. The van der Waals surface area contributed by atoms with Gasteiger partial charge in [0.15, 0.2) is 5.82 Å². The predicted molar refractivity (Wildman–Crippen MR) is 191 cm³/mol. The van der Waals surface area contributed by atoms with Gasteiger partial charge in [0.05, 0.1) is 16.7 Å². The van der Waals surface area contributed by atoms with E-state index in [1.165, 1.54) is 5.56 Å². The molecular weight excluding hydrogens is 564 g/mol. The summed E-state index contributed by atoms with van der Waals surface area (Å²) >= 11 is 0. The Balaban J connectivity index is 1.68. The Morgan fingerprint density at radius 1 is 0.739 bits per heavy atom. The number of fused-ring (bicyclic) bond motifs is 1. The van der Waals surface area contributed by atoms with Crippen molar-refractivity contribution in [3.8, 4) is 45.3 Å². The van der Waals surface area contributed by atoms with E-state index in [9.17, 15) is 5.11 Å². The summed E-state index contributed by atoms with van der Waals surface area (Å²) in [5.74, 6) is 1.30. The second kappa shape index (κ2) is 11.9. The Hall–Kier alpha value is -4.77. The maximum atomic E-state index is 11.9. The first-order valence-corrected chi connectivity index (χ1v) is 16.2. The molecule has 1 N–H and O–H groups in total. The number of hydrogen-bond acceptors (Lipinski definition) is 4. The van der Waals surface area contributed by atoms with Crippen molar-refractivity contribution < 1.29 is 5.11 Å². The molecular formula is C41H44N4O. The third kappa shape index (κ3) is 6.06. The number of para-hydroxylation sites is 2. The number of aromatic hydroxyl groups is 1.